The predicted octanol–water partition coefficient (Wildman–Crippen LogP) is 5.49. The van der Waals surface area contributed by atoms with Gasteiger partial charge in [-0.25, -0.2) is 4.98 Å². The van der Waals surface area contributed by atoms with E-state index in [0.717, 1.165) is 0 Å². The first-order chi connectivity index (χ1) is 15.4. The SMILES string of the molecule is CC(C)CN(C(=O)c1ccco1)C(C)c1nc2ccccc2c(=O)n1-c1cccc(Cl)c1. The van der Waals surface area contributed by atoms with Gasteiger partial charge < -0.3 is 9.32 Å². The normalized spacial score (nSPS) is 12.3. The van der Waals surface area contributed by atoms with Crippen LogP contribution in [0.25, 0.3) is 16.6 Å². The van der Waals surface area contributed by atoms with Gasteiger partial charge in [-0.3, -0.25) is 14.2 Å². The van der Waals surface area contributed by atoms with Crippen LogP contribution in [0.3, 0.4) is 0 Å². The predicted molar refractivity (Wildman–Crippen MR) is 125 cm³/mol. The maximum Gasteiger partial charge on any atom is 0.290 e. The number of hydrogen-bond acceptors (Lipinski definition) is 4. The first-order valence-electron chi connectivity index (χ1n) is 10.5. The molecular formula is C25H24ClN3O3. The third-order valence-corrected chi connectivity index (χ3v) is 5.50. The molecule has 1 amide bonds. The van der Waals surface area contributed by atoms with Gasteiger partial charge in [0.05, 0.1) is 28.9 Å². The van der Waals surface area contributed by atoms with E-state index in [9.17, 15) is 9.59 Å². The molecule has 0 spiro atoms. The van der Waals surface area contributed by atoms with Gasteiger partial charge in [-0.05, 0) is 55.3 Å². The molecule has 4 aromatic rings. The maximum absolute atomic E-state index is 13.6. The highest BCUT2D eigenvalue weighted by Crippen LogP contribution is 2.26. The Bertz CT molecular complexity index is 1310. The fourth-order valence-corrected chi connectivity index (χ4v) is 3.97. The molecule has 0 aliphatic carbocycles. The topological polar surface area (TPSA) is 68.3 Å². The largest absolute Gasteiger partial charge is 0.459 e. The number of fused-ring (bicyclic) bond motifs is 1. The van der Waals surface area contributed by atoms with E-state index in [4.69, 9.17) is 21.0 Å². The standard InChI is InChI=1S/C25H24ClN3O3/c1-16(2)15-28(25(31)22-12-7-13-32-22)17(3)23-27-21-11-5-4-10-20(21)24(30)29(23)19-9-6-8-18(26)14-19/h4-14,16-17H,15H2,1-3H3. The second kappa shape index (κ2) is 9.01. The lowest BCUT2D eigenvalue weighted by Gasteiger charge is -2.31. The number of nitrogens with zero attached hydrogens (tertiary/aromatic N) is 3. The van der Waals surface area contributed by atoms with Crippen molar-refractivity contribution >= 4 is 28.4 Å². The van der Waals surface area contributed by atoms with E-state index in [2.05, 4.69) is 0 Å². The lowest BCUT2D eigenvalue weighted by Crippen LogP contribution is -2.39. The number of halogens is 1. The highest BCUT2D eigenvalue weighted by molar-refractivity contribution is 6.30. The average molecular weight is 450 g/mol. The molecule has 0 radical (unpaired) electrons. The van der Waals surface area contributed by atoms with Crippen molar-refractivity contribution in [3.05, 3.63) is 93.9 Å². The molecule has 4 rings (SSSR count). The number of aromatic nitrogens is 2. The molecule has 0 bridgehead atoms. The number of carbonyl (C=O) groups excluding carboxylic acids is 1. The van der Waals surface area contributed by atoms with Crippen molar-refractivity contribution < 1.29 is 9.21 Å². The van der Waals surface area contributed by atoms with Crippen LogP contribution in [0, 0.1) is 5.92 Å². The maximum atomic E-state index is 13.6. The third-order valence-electron chi connectivity index (χ3n) is 5.26. The molecule has 164 valence electrons. The lowest BCUT2D eigenvalue weighted by atomic mass is 10.1. The van der Waals surface area contributed by atoms with Gasteiger partial charge in [0.15, 0.2) is 5.76 Å². The number of hydrogen-bond donors (Lipinski definition) is 0. The van der Waals surface area contributed by atoms with Crippen molar-refractivity contribution in [2.24, 2.45) is 5.92 Å². The Balaban J connectivity index is 1.94. The smallest absolute Gasteiger partial charge is 0.290 e. The minimum atomic E-state index is -0.508. The van der Waals surface area contributed by atoms with Crippen LogP contribution in [0.5, 0.6) is 0 Å². The molecule has 2 heterocycles. The van der Waals surface area contributed by atoms with Crippen LogP contribution in [0.2, 0.25) is 5.02 Å². The summed E-state index contributed by atoms with van der Waals surface area (Å²) in [7, 11) is 0. The molecule has 0 saturated carbocycles. The summed E-state index contributed by atoms with van der Waals surface area (Å²) in [6.45, 7) is 6.42. The first kappa shape index (κ1) is 21.8. The summed E-state index contributed by atoms with van der Waals surface area (Å²) >= 11 is 6.23. The van der Waals surface area contributed by atoms with E-state index in [-0.39, 0.29) is 23.1 Å². The minimum Gasteiger partial charge on any atom is -0.459 e. The van der Waals surface area contributed by atoms with Gasteiger partial charge in [0, 0.05) is 11.6 Å². The summed E-state index contributed by atoms with van der Waals surface area (Å²) in [5.41, 5.74) is 0.958. The van der Waals surface area contributed by atoms with Crippen LogP contribution in [-0.4, -0.2) is 26.9 Å². The highest BCUT2D eigenvalue weighted by Gasteiger charge is 2.29. The highest BCUT2D eigenvalue weighted by atomic mass is 35.5. The van der Waals surface area contributed by atoms with Gasteiger partial charge in [-0.1, -0.05) is 43.6 Å². The Hall–Kier alpha value is -3.38. The first-order valence-corrected chi connectivity index (χ1v) is 10.9. The molecule has 2 aromatic carbocycles. The van der Waals surface area contributed by atoms with Gasteiger partial charge in [-0.2, -0.15) is 0 Å². The Labute approximate surface area is 191 Å². The van der Waals surface area contributed by atoms with Crippen LogP contribution >= 0.6 is 11.6 Å². The zero-order valence-corrected chi connectivity index (χ0v) is 18.9. The second-order valence-electron chi connectivity index (χ2n) is 8.11. The van der Waals surface area contributed by atoms with E-state index >= 15 is 0 Å². The second-order valence-corrected chi connectivity index (χ2v) is 8.55. The van der Waals surface area contributed by atoms with Crippen LogP contribution in [0.1, 0.15) is 43.2 Å². The van der Waals surface area contributed by atoms with E-state index in [0.29, 0.717) is 34.0 Å². The van der Waals surface area contributed by atoms with Crippen LogP contribution in [0.15, 0.2) is 76.1 Å². The third kappa shape index (κ3) is 4.18. The quantitative estimate of drug-likeness (QED) is 0.390. The van der Waals surface area contributed by atoms with E-state index in [1.807, 2.05) is 32.9 Å². The number of furan rings is 1. The average Bonchev–Trinajstić information content (AvgIpc) is 3.31. The molecule has 0 N–H and O–H groups in total. The van der Waals surface area contributed by atoms with Crippen molar-refractivity contribution in [1.82, 2.24) is 14.5 Å². The fraction of sp³-hybridized carbons (Fsp3) is 0.240. The molecule has 1 atom stereocenters. The summed E-state index contributed by atoms with van der Waals surface area (Å²) in [6.07, 6.45) is 1.47. The van der Waals surface area contributed by atoms with Gasteiger partial charge in [-0.15, -0.1) is 0 Å². The Morgan fingerprint density at radius 2 is 1.88 bits per heavy atom. The Kier molecular flexibility index (Phi) is 6.15. The zero-order chi connectivity index (χ0) is 22.8. The molecule has 32 heavy (non-hydrogen) atoms. The van der Waals surface area contributed by atoms with Gasteiger partial charge >= 0.3 is 0 Å². The van der Waals surface area contributed by atoms with Crippen LogP contribution < -0.4 is 5.56 Å². The Morgan fingerprint density at radius 1 is 1.09 bits per heavy atom. The molecule has 6 nitrogen and oxygen atoms in total. The summed E-state index contributed by atoms with van der Waals surface area (Å²) in [4.78, 5) is 33.4. The van der Waals surface area contributed by atoms with E-state index < -0.39 is 6.04 Å². The lowest BCUT2D eigenvalue weighted by molar-refractivity contribution is 0.0622. The van der Waals surface area contributed by atoms with Crippen LogP contribution in [0.4, 0.5) is 0 Å². The van der Waals surface area contributed by atoms with Crippen molar-refractivity contribution in [1.29, 1.82) is 0 Å². The molecule has 2 aromatic heterocycles. The molecule has 0 saturated heterocycles. The summed E-state index contributed by atoms with van der Waals surface area (Å²) in [5, 5.41) is 1.00. The van der Waals surface area contributed by atoms with Gasteiger partial charge in [0.1, 0.15) is 5.82 Å². The molecule has 0 aliphatic rings. The number of benzene rings is 2. The number of carbonyl (C=O) groups is 1. The number of para-hydroxylation sites is 1. The van der Waals surface area contributed by atoms with Crippen molar-refractivity contribution in [2.45, 2.75) is 26.8 Å². The summed E-state index contributed by atoms with van der Waals surface area (Å²) in [5.74, 6) is 0.644. The summed E-state index contributed by atoms with van der Waals surface area (Å²) in [6, 6.07) is 17.1. The Morgan fingerprint density at radius 3 is 2.56 bits per heavy atom. The fourth-order valence-electron chi connectivity index (χ4n) is 3.79. The molecule has 1 unspecified atom stereocenters. The number of rotatable bonds is 6. The van der Waals surface area contributed by atoms with Gasteiger partial charge in [0.25, 0.3) is 11.5 Å². The van der Waals surface area contributed by atoms with Gasteiger partial charge in [0.2, 0.25) is 0 Å². The monoisotopic (exact) mass is 449 g/mol. The minimum absolute atomic E-state index is 0.197. The molecular weight excluding hydrogens is 426 g/mol. The summed E-state index contributed by atoms with van der Waals surface area (Å²) < 4.78 is 6.91. The molecule has 0 fully saturated rings. The van der Waals surface area contributed by atoms with Crippen molar-refractivity contribution in [3.8, 4) is 5.69 Å². The number of amides is 1. The van der Waals surface area contributed by atoms with E-state index in [1.54, 1.807) is 58.0 Å². The van der Waals surface area contributed by atoms with Crippen LogP contribution in [-0.2, 0) is 0 Å². The van der Waals surface area contributed by atoms with Crippen molar-refractivity contribution in [3.63, 3.8) is 0 Å². The molecule has 7 heteroatoms. The van der Waals surface area contributed by atoms with E-state index in [1.165, 1.54) is 6.26 Å². The van der Waals surface area contributed by atoms with Crippen molar-refractivity contribution in [2.75, 3.05) is 6.54 Å². The zero-order valence-electron chi connectivity index (χ0n) is 18.2. The molecule has 0 aliphatic heterocycles.